The maximum Gasteiger partial charge on any atom is 0.164 e. The van der Waals surface area contributed by atoms with Crippen LogP contribution in [0.3, 0.4) is 0 Å². The van der Waals surface area contributed by atoms with E-state index >= 15 is 0 Å². The first-order valence-corrected chi connectivity index (χ1v) is 6.09. The molecular weight excluding hydrogens is 200 g/mol. The van der Waals surface area contributed by atoms with E-state index in [9.17, 15) is 0 Å². The van der Waals surface area contributed by atoms with Gasteiger partial charge in [0, 0.05) is 6.42 Å². The lowest BCUT2D eigenvalue weighted by molar-refractivity contribution is -0.148. The highest BCUT2D eigenvalue weighted by molar-refractivity contribution is 5.36. The molecule has 2 heteroatoms. The van der Waals surface area contributed by atoms with E-state index in [-0.39, 0.29) is 12.2 Å². The van der Waals surface area contributed by atoms with Crippen LogP contribution in [0.2, 0.25) is 0 Å². The molecule has 1 aliphatic carbocycles. The molecule has 1 fully saturated rings. The largest absolute Gasteiger partial charge is 0.344 e. The Bertz CT molecular complexity index is 371. The summed E-state index contributed by atoms with van der Waals surface area (Å²) in [7, 11) is 0. The summed E-state index contributed by atoms with van der Waals surface area (Å²) in [4.78, 5) is 0. The van der Waals surface area contributed by atoms with Gasteiger partial charge in [0.15, 0.2) is 5.79 Å². The highest BCUT2D eigenvalue weighted by atomic mass is 16.8. The summed E-state index contributed by atoms with van der Waals surface area (Å²) < 4.78 is 11.7. The zero-order chi connectivity index (χ0) is 11.8. The lowest BCUT2D eigenvalue weighted by Crippen LogP contribution is -2.22. The smallest absolute Gasteiger partial charge is 0.164 e. The van der Waals surface area contributed by atoms with Gasteiger partial charge in [-0.15, -0.1) is 0 Å². The second kappa shape index (κ2) is 4.19. The van der Waals surface area contributed by atoms with Gasteiger partial charge in [-0.1, -0.05) is 38.1 Å². The third-order valence-corrected chi connectivity index (χ3v) is 2.97. The van der Waals surface area contributed by atoms with Crippen LogP contribution in [0.5, 0.6) is 0 Å². The van der Waals surface area contributed by atoms with Crippen LogP contribution in [-0.4, -0.2) is 11.9 Å². The third kappa shape index (κ3) is 1.87. The second-order valence-corrected chi connectivity index (χ2v) is 4.50. The lowest BCUT2D eigenvalue weighted by atomic mass is 10.1. The first-order valence-electron chi connectivity index (χ1n) is 6.09. The van der Waals surface area contributed by atoms with Crippen LogP contribution in [0.15, 0.2) is 24.3 Å². The van der Waals surface area contributed by atoms with Crippen molar-refractivity contribution in [3.63, 3.8) is 0 Å². The highest BCUT2D eigenvalue weighted by Crippen LogP contribution is 2.45. The molecule has 1 heterocycles. The molecule has 0 bridgehead atoms. The Kier molecular flexibility index (Phi) is 3.04. The Labute approximate surface area is 97.6 Å². The fourth-order valence-corrected chi connectivity index (χ4v) is 2.46. The van der Waals surface area contributed by atoms with Crippen LogP contribution in [0.1, 0.15) is 44.9 Å². The molecule has 0 aromatic heterocycles. The van der Waals surface area contributed by atoms with Gasteiger partial charge in [-0.05, 0) is 25.0 Å². The van der Waals surface area contributed by atoms with Gasteiger partial charge in [0.2, 0.25) is 0 Å². The molecule has 0 radical (unpaired) electrons. The van der Waals surface area contributed by atoms with E-state index in [1.54, 1.807) is 0 Å². The second-order valence-electron chi connectivity index (χ2n) is 4.50. The van der Waals surface area contributed by atoms with E-state index in [1.165, 1.54) is 11.1 Å². The minimum atomic E-state index is -0.414. The molecule has 1 saturated heterocycles. The standard InChI is InChI=1S/C12H14O2.C2H6/c1-12(2)13-10-7-8-5-3-4-6-9(8)11(10)14-12;1-2/h3-6,10-11H,7H2,1-2H3;1-2H3. The molecule has 1 aromatic rings. The van der Waals surface area contributed by atoms with Crippen molar-refractivity contribution < 1.29 is 9.47 Å². The molecule has 88 valence electrons. The Morgan fingerprint density at radius 3 is 2.56 bits per heavy atom. The van der Waals surface area contributed by atoms with Crippen LogP contribution in [-0.2, 0) is 15.9 Å². The summed E-state index contributed by atoms with van der Waals surface area (Å²) in [5.41, 5.74) is 2.68. The topological polar surface area (TPSA) is 18.5 Å². The zero-order valence-corrected chi connectivity index (χ0v) is 10.5. The predicted octanol–water partition coefficient (Wildman–Crippen LogP) is 3.46. The summed E-state index contributed by atoms with van der Waals surface area (Å²) in [6, 6.07) is 8.44. The third-order valence-electron chi connectivity index (χ3n) is 2.97. The number of benzene rings is 1. The van der Waals surface area contributed by atoms with Crippen molar-refractivity contribution in [2.75, 3.05) is 0 Å². The predicted molar refractivity (Wildman–Crippen MR) is 64.3 cm³/mol. The fraction of sp³-hybridized carbons (Fsp3) is 0.571. The number of ether oxygens (including phenoxy) is 2. The van der Waals surface area contributed by atoms with Crippen LogP contribution in [0.25, 0.3) is 0 Å². The van der Waals surface area contributed by atoms with E-state index < -0.39 is 5.79 Å². The maximum absolute atomic E-state index is 5.88. The van der Waals surface area contributed by atoms with Gasteiger partial charge >= 0.3 is 0 Å². The van der Waals surface area contributed by atoms with Gasteiger partial charge in [0.25, 0.3) is 0 Å². The monoisotopic (exact) mass is 220 g/mol. The average molecular weight is 220 g/mol. The van der Waals surface area contributed by atoms with Crippen LogP contribution in [0, 0.1) is 0 Å². The van der Waals surface area contributed by atoms with Gasteiger partial charge in [0.05, 0.1) is 6.10 Å². The Morgan fingerprint density at radius 1 is 1.12 bits per heavy atom. The van der Waals surface area contributed by atoms with Gasteiger partial charge in [-0.2, -0.15) is 0 Å². The van der Waals surface area contributed by atoms with Gasteiger partial charge in [-0.25, -0.2) is 0 Å². The zero-order valence-electron chi connectivity index (χ0n) is 10.5. The molecule has 2 unspecified atom stereocenters. The molecule has 0 amide bonds. The van der Waals surface area contributed by atoms with Gasteiger partial charge in [-0.3, -0.25) is 0 Å². The van der Waals surface area contributed by atoms with Crippen LogP contribution in [0.4, 0.5) is 0 Å². The molecule has 2 nitrogen and oxygen atoms in total. The van der Waals surface area contributed by atoms with Crippen molar-refractivity contribution in [2.45, 2.75) is 52.1 Å². The van der Waals surface area contributed by atoms with Gasteiger partial charge < -0.3 is 9.47 Å². The summed E-state index contributed by atoms with van der Waals surface area (Å²) in [6.07, 6.45) is 1.37. The molecule has 0 spiro atoms. The quantitative estimate of drug-likeness (QED) is 0.666. The number of hydrogen-bond acceptors (Lipinski definition) is 2. The lowest BCUT2D eigenvalue weighted by Gasteiger charge is -2.18. The summed E-state index contributed by atoms with van der Waals surface area (Å²) in [5, 5.41) is 0. The molecule has 16 heavy (non-hydrogen) atoms. The van der Waals surface area contributed by atoms with E-state index in [1.807, 2.05) is 27.7 Å². The first-order chi connectivity index (χ1) is 7.66. The van der Waals surface area contributed by atoms with Crippen LogP contribution < -0.4 is 0 Å². The van der Waals surface area contributed by atoms with Gasteiger partial charge in [0.1, 0.15) is 6.10 Å². The first kappa shape index (κ1) is 11.6. The average Bonchev–Trinajstić information content (AvgIpc) is 2.73. The molecule has 0 saturated carbocycles. The summed E-state index contributed by atoms with van der Waals surface area (Å²) in [6.45, 7) is 7.96. The molecule has 2 atom stereocenters. The summed E-state index contributed by atoms with van der Waals surface area (Å²) in [5.74, 6) is -0.414. The minimum absolute atomic E-state index is 0.154. The highest BCUT2D eigenvalue weighted by Gasteiger charge is 2.46. The Morgan fingerprint density at radius 2 is 1.81 bits per heavy atom. The molecule has 1 aliphatic heterocycles. The Hall–Kier alpha value is -0.860. The SMILES string of the molecule is CC.CC1(C)OC2Cc3ccccc3C2O1. The molecular formula is C14H20O2. The Balaban J connectivity index is 0.000000457. The van der Waals surface area contributed by atoms with E-state index in [0.29, 0.717) is 0 Å². The number of fused-ring (bicyclic) bond motifs is 3. The molecule has 2 aliphatic rings. The van der Waals surface area contributed by atoms with Crippen molar-refractivity contribution in [3.05, 3.63) is 35.4 Å². The molecule has 1 aromatic carbocycles. The van der Waals surface area contributed by atoms with Crippen molar-refractivity contribution in [1.29, 1.82) is 0 Å². The van der Waals surface area contributed by atoms with Crippen molar-refractivity contribution in [1.82, 2.24) is 0 Å². The fourth-order valence-electron chi connectivity index (χ4n) is 2.46. The minimum Gasteiger partial charge on any atom is -0.344 e. The molecule has 3 rings (SSSR count). The van der Waals surface area contributed by atoms with Crippen LogP contribution >= 0.6 is 0 Å². The normalized spacial score (nSPS) is 29.0. The van der Waals surface area contributed by atoms with Crippen molar-refractivity contribution in [2.24, 2.45) is 0 Å². The maximum atomic E-state index is 5.88. The van der Waals surface area contributed by atoms with E-state index in [2.05, 4.69) is 24.3 Å². The van der Waals surface area contributed by atoms with E-state index in [0.717, 1.165) is 6.42 Å². The summed E-state index contributed by atoms with van der Waals surface area (Å²) >= 11 is 0. The number of hydrogen-bond donors (Lipinski definition) is 0. The number of rotatable bonds is 0. The molecule has 0 N–H and O–H groups in total. The van der Waals surface area contributed by atoms with Crippen molar-refractivity contribution in [3.8, 4) is 0 Å². The van der Waals surface area contributed by atoms with E-state index in [4.69, 9.17) is 9.47 Å². The van der Waals surface area contributed by atoms with Crippen molar-refractivity contribution >= 4 is 0 Å².